The molecule has 1 saturated carbocycles. The molecular formula is C19H27N3O2S. The zero-order chi connectivity index (χ0) is 17.2. The van der Waals surface area contributed by atoms with Gasteiger partial charge in [0.25, 0.3) is 0 Å². The number of amides is 2. The van der Waals surface area contributed by atoms with E-state index in [1.165, 1.54) is 37.7 Å². The first kappa shape index (κ1) is 17.0. The molecule has 2 saturated heterocycles. The van der Waals surface area contributed by atoms with Crippen LogP contribution in [0.1, 0.15) is 44.1 Å². The van der Waals surface area contributed by atoms with Gasteiger partial charge in [-0.3, -0.25) is 14.5 Å². The van der Waals surface area contributed by atoms with Crippen LogP contribution in [0, 0.1) is 5.92 Å². The predicted octanol–water partition coefficient (Wildman–Crippen LogP) is 2.23. The monoisotopic (exact) mass is 361 g/mol. The van der Waals surface area contributed by atoms with E-state index in [2.05, 4.69) is 27.0 Å². The minimum atomic E-state index is -0.317. The highest BCUT2D eigenvalue weighted by molar-refractivity contribution is 7.07. The third-order valence-electron chi connectivity index (χ3n) is 5.94. The summed E-state index contributed by atoms with van der Waals surface area (Å²) in [5, 5.41) is 7.27. The molecule has 3 heterocycles. The molecule has 2 atom stereocenters. The van der Waals surface area contributed by atoms with Gasteiger partial charge >= 0.3 is 0 Å². The van der Waals surface area contributed by atoms with Crippen molar-refractivity contribution in [1.82, 2.24) is 15.1 Å². The number of thiophene rings is 1. The van der Waals surface area contributed by atoms with Crippen molar-refractivity contribution in [3.8, 4) is 0 Å². The molecule has 4 rings (SSSR count). The molecule has 0 unspecified atom stereocenters. The molecule has 2 aliphatic heterocycles. The minimum Gasteiger partial charge on any atom is -0.342 e. The maximum Gasteiger partial charge on any atom is 0.245 e. The van der Waals surface area contributed by atoms with E-state index in [0.717, 1.165) is 19.5 Å². The highest BCUT2D eigenvalue weighted by Gasteiger charge is 2.43. The summed E-state index contributed by atoms with van der Waals surface area (Å²) < 4.78 is 0. The summed E-state index contributed by atoms with van der Waals surface area (Å²) in [4.78, 5) is 29.7. The van der Waals surface area contributed by atoms with Crippen LogP contribution < -0.4 is 5.32 Å². The first-order chi connectivity index (χ1) is 12.2. The summed E-state index contributed by atoms with van der Waals surface area (Å²) in [5.41, 5.74) is 1.29. The Bertz CT molecular complexity index is 612. The van der Waals surface area contributed by atoms with Gasteiger partial charge in [-0.05, 0) is 34.7 Å². The molecule has 1 aromatic heterocycles. The van der Waals surface area contributed by atoms with Crippen molar-refractivity contribution in [3.63, 3.8) is 0 Å². The molecule has 0 radical (unpaired) electrons. The quantitative estimate of drug-likeness (QED) is 0.895. The Hall–Kier alpha value is -1.40. The number of rotatable bonds is 4. The van der Waals surface area contributed by atoms with Gasteiger partial charge in [-0.2, -0.15) is 11.3 Å². The number of fused-ring (bicyclic) bond motifs is 1. The summed E-state index contributed by atoms with van der Waals surface area (Å²) in [6, 6.07) is 1.52. The second kappa shape index (κ2) is 7.46. The summed E-state index contributed by atoms with van der Waals surface area (Å²) in [6.07, 6.45) is 7.09. The lowest BCUT2D eigenvalue weighted by Gasteiger charge is -2.45. The molecule has 1 aromatic rings. The highest BCUT2D eigenvalue weighted by Crippen LogP contribution is 2.29. The fourth-order valence-corrected chi connectivity index (χ4v) is 5.22. The molecule has 1 aliphatic carbocycles. The third-order valence-corrected chi connectivity index (χ3v) is 6.68. The summed E-state index contributed by atoms with van der Waals surface area (Å²) in [5.74, 6) is 0.778. The normalized spacial score (nSPS) is 28.7. The molecule has 5 nitrogen and oxygen atoms in total. The molecule has 1 N–H and O–H groups in total. The average molecular weight is 362 g/mol. The summed E-state index contributed by atoms with van der Waals surface area (Å²) in [6.45, 7) is 3.02. The molecule has 2 amide bonds. The fraction of sp³-hybridized carbons (Fsp3) is 0.684. The van der Waals surface area contributed by atoms with E-state index in [9.17, 15) is 9.59 Å². The van der Waals surface area contributed by atoms with Crippen LogP contribution >= 0.6 is 11.3 Å². The van der Waals surface area contributed by atoms with E-state index in [1.54, 1.807) is 11.3 Å². The van der Waals surface area contributed by atoms with E-state index in [4.69, 9.17) is 0 Å². The first-order valence-electron chi connectivity index (χ1n) is 9.55. The topological polar surface area (TPSA) is 52.7 Å². The maximum atomic E-state index is 12.9. The van der Waals surface area contributed by atoms with Crippen LogP contribution in [0.3, 0.4) is 0 Å². The van der Waals surface area contributed by atoms with Crippen LogP contribution in [-0.4, -0.2) is 53.3 Å². The second-order valence-electron chi connectivity index (χ2n) is 7.72. The van der Waals surface area contributed by atoms with E-state index in [1.807, 2.05) is 4.90 Å². The van der Waals surface area contributed by atoms with Crippen molar-refractivity contribution in [3.05, 3.63) is 22.4 Å². The number of piperazine rings is 2. The van der Waals surface area contributed by atoms with Gasteiger partial charge in [0.15, 0.2) is 0 Å². The number of carbonyl (C=O) groups excluding carboxylic acids is 2. The predicted molar refractivity (Wildman–Crippen MR) is 98.2 cm³/mol. The number of nitrogens with one attached hydrogen (secondary N) is 1. The van der Waals surface area contributed by atoms with Crippen molar-refractivity contribution in [2.75, 3.05) is 19.6 Å². The van der Waals surface area contributed by atoms with Crippen LogP contribution in [0.2, 0.25) is 0 Å². The largest absolute Gasteiger partial charge is 0.342 e. The minimum absolute atomic E-state index is 0.0374. The standard InChI is InChI=1S/C19H27N3O2S/c23-18-17-12-21(11-15-6-9-25-13-15)7-8-22(17)19(24)16(20-18)10-14-4-2-1-3-5-14/h6,9,13-14,16-17H,1-5,7-8,10-12H2,(H,20,23)/t16-,17+/m0/s1. The number of hydrogen-bond acceptors (Lipinski definition) is 4. The third kappa shape index (κ3) is 3.75. The van der Waals surface area contributed by atoms with Gasteiger partial charge < -0.3 is 10.2 Å². The number of hydrogen-bond donors (Lipinski definition) is 1. The van der Waals surface area contributed by atoms with Crippen molar-refractivity contribution in [2.45, 2.75) is 57.2 Å². The van der Waals surface area contributed by atoms with E-state index >= 15 is 0 Å². The SMILES string of the molecule is O=C1N[C@@H](CC2CCCCC2)C(=O)N2CCN(Cc3ccsc3)C[C@H]12. The Labute approximate surface area is 153 Å². The zero-order valence-electron chi connectivity index (χ0n) is 14.7. The smallest absolute Gasteiger partial charge is 0.245 e. The van der Waals surface area contributed by atoms with Crippen LogP contribution in [0.15, 0.2) is 16.8 Å². The number of carbonyl (C=O) groups is 2. The van der Waals surface area contributed by atoms with Gasteiger partial charge in [-0.25, -0.2) is 0 Å². The molecule has 6 heteroatoms. The van der Waals surface area contributed by atoms with Gasteiger partial charge in [-0.15, -0.1) is 0 Å². The van der Waals surface area contributed by atoms with Crippen molar-refractivity contribution < 1.29 is 9.59 Å². The van der Waals surface area contributed by atoms with Gasteiger partial charge in [0.05, 0.1) is 0 Å². The lowest BCUT2D eigenvalue weighted by Crippen LogP contribution is -2.69. The molecule has 0 spiro atoms. The van der Waals surface area contributed by atoms with Crippen LogP contribution in [0.5, 0.6) is 0 Å². The lowest BCUT2D eigenvalue weighted by atomic mass is 9.84. The van der Waals surface area contributed by atoms with Crippen LogP contribution in [0.4, 0.5) is 0 Å². The molecule has 136 valence electrons. The fourth-order valence-electron chi connectivity index (χ4n) is 4.56. The van der Waals surface area contributed by atoms with Gasteiger partial charge in [0.1, 0.15) is 12.1 Å². The Morgan fingerprint density at radius 3 is 2.76 bits per heavy atom. The van der Waals surface area contributed by atoms with E-state index in [0.29, 0.717) is 19.0 Å². The first-order valence-corrected chi connectivity index (χ1v) is 10.5. The average Bonchev–Trinajstić information content (AvgIpc) is 3.13. The van der Waals surface area contributed by atoms with Crippen LogP contribution in [-0.2, 0) is 16.1 Å². The Morgan fingerprint density at radius 2 is 2.00 bits per heavy atom. The lowest BCUT2D eigenvalue weighted by molar-refractivity contribution is -0.153. The summed E-state index contributed by atoms with van der Waals surface area (Å²) >= 11 is 1.70. The molecule has 0 bridgehead atoms. The van der Waals surface area contributed by atoms with Crippen molar-refractivity contribution in [1.29, 1.82) is 0 Å². The highest BCUT2D eigenvalue weighted by atomic mass is 32.1. The zero-order valence-corrected chi connectivity index (χ0v) is 15.5. The van der Waals surface area contributed by atoms with Gasteiger partial charge in [-0.1, -0.05) is 32.1 Å². The van der Waals surface area contributed by atoms with Crippen molar-refractivity contribution in [2.24, 2.45) is 5.92 Å². The van der Waals surface area contributed by atoms with E-state index in [-0.39, 0.29) is 23.9 Å². The molecule has 0 aromatic carbocycles. The summed E-state index contributed by atoms with van der Waals surface area (Å²) in [7, 11) is 0. The number of nitrogens with zero attached hydrogens (tertiary/aromatic N) is 2. The molecule has 3 aliphatic rings. The molecule has 25 heavy (non-hydrogen) atoms. The maximum absolute atomic E-state index is 12.9. The van der Waals surface area contributed by atoms with Crippen LogP contribution in [0.25, 0.3) is 0 Å². The molecule has 3 fully saturated rings. The van der Waals surface area contributed by atoms with Gasteiger partial charge in [0.2, 0.25) is 11.8 Å². The second-order valence-corrected chi connectivity index (χ2v) is 8.50. The Morgan fingerprint density at radius 1 is 1.16 bits per heavy atom. The molecular weight excluding hydrogens is 334 g/mol. The van der Waals surface area contributed by atoms with Gasteiger partial charge in [0, 0.05) is 26.2 Å². The van der Waals surface area contributed by atoms with Crippen molar-refractivity contribution >= 4 is 23.2 Å². The van der Waals surface area contributed by atoms with E-state index < -0.39 is 0 Å². The Kier molecular flexibility index (Phi) is 5.08. The Balaban J connectivity index is 1.37.